The maximum Gasteiger partial charge on any atom is 0.308 e. The van der Waals surface area contributed by atoms with Crippen molar-refractivity contribution in [2.24, 2.45) is 5.92 Å². The fourth-order valence-corrected chi connectivity index (χ4v) is 4.20. The summed E-state index contributed by atoms with van der Waals surface area (Å²) in [5.74, 6) is -1.64. The summed E-state index contributed by atoms with van der Waals surface area (Å²) in [5, 5.41) is 12.5. The van der Waals surface area contributed by atoms with Crippen LogP contribution in [0.25, 0.3) is 0 Å². The van der Waals surface area contributed by atoms with Crippen LogP contribution in [-0.2, 0) is 21.4 Å². The molecule has 2 atom stereocenters. The van der Waals surface area contributed by atoms with Crippen molar-refractivity contribution in [3.05, 3.63) is 52.0 Å². The second-order valence-electron chi connectivity index (χ2n) is 7.83. The van der Waals surface area contributed by atoms with E-state index in [-0.39, 0.29) is 30.2 Å². The Balaban J connectivity index is 1.72. The van der Waals surface area contributed by atoms with Crippen molar-refractivity contribution < 1.29 is 14.7 Å². The van der Waals surface area contributed by atoms with E-state index >= 15 is 0 Å². The molecule has 0 spiro atoms. The number of benzene rings is 1. The molecular weight excluding hydrogens is 348 g/mol. The van der Waals surface area contributed by atoms with Crippen molar-refractivity contribution in [1.29, 1.82) is 0 Å². The molecule has 5 nitrogen and oxygen atoms in total. The largest absolute Gasteiger partial charge is 0.481 e. The lowest BCUT2D eigenvalue weighted by Gasteiger charge is -2.16. The molecular formula is C20H24N2O3S. The van der Waals surface area contributed by atoms with E-state index in [1.807, 2.05) is 35.7 Å². The number of carbonyl (C=O) groups is 2. The van der Waals surface area contributed by atoms with E-state index in [2.05, 4.69) is 25.8 Å². The van der Waals surface area contributed by atoms with E-state index in [1.165, 1.54) is 0 Å². The van der Waals surface area contributed by atoms with E-state index in [9.17, 15) is 14.7 Å². The maximum absolute atomic E-state index is 12.7. The molecule has 1 aliphatic rings. The van der Waals surface area contributed by atoms with E-state index < -0.39 is 11.9 Å². The fourth-order valence-electron chi connectivity index (χ4n) is 3.30. The molecule has 3 rings (SSSR count). The average Bonchev–Trinajstić information content (AvgIpc) is 3.22. The molecule has 1 N–H and O–H groups in total. The lowest BCUT2D eigenvalue weighted by molar-refractivity contribution is -0.141. The molecule has 26 heavy (non-hydrogen) atoms. The number of amides is 1. The van der Waals surface area contributed by atoms with Gasteiger partial charge in [0.1, 0.15) is 0 Å². The summed E-state index contributed by atoms with van der Waals surface area (Å²) in [7, 11) is 0. The Bertz CT molecular complexity index is 795. The number of aliphatic carboxylic acids is 1. The van der Waals surface area contributed by atoms with Gasteiger partial charge in [-0.25, -0.2) is 4.98 Å². The van der Waals surface area contributed by atoms with Crippen molar-refractivity contribution in [3.8, 4) is 0 Å². The summed E-state index contributed by atoms with van der Waals surface area (Å²) in [6, 6.07) is 9.59. The van der Waals surface area contributed by atoms with E-state index in [0.29, 0.717) is 6.54 Å². The first-order valence-corrected chi connectivity index (χ1v) is 9.64. The minimum Gasteiger partial charge on any atom is -0.481 e. The van der Waals surface area contributed by atoms with Gasteiger partial charge in [-0.05, 0) is 5.56 Å². The standard InChI is InChI=1S/C20H24N2O3S/c1-20(2,3)19-21-14(12-26-19)9-17(23)22-10-15(16(11-22)18(24)25)13-7-5-4-6-8-13/h4-8,12,15-16H,9-11H2,1-3H3,(H,24,25). The quantitative estimate of drug-likeness (QED) is 0.894. The molecule has 1 fully saturated rings. The van der Waals surface area contributed by atoms with Crippen LogP contribution in [-0.4, -0.2) is 40.0 Å². The zero-order chi connectivity index (χ0) is 18.9. The highest BCUT2D eigenvalue weighted by molar-refractivity contribution is 7.09. The van der Waals surface area contributed by atoms with Crippen LogP contribution in [0, 0.1) is 5.92 Å². The van der Waals surface area contributed by atoms with Gasteiger partial charge in [0.05, 0.1) is 23.0 Å². The zero-order valence-corrected chi connectivity index (χ0v) is 16.1. The summed E-state index contributed by atoms with van der Waals surface area (Å²) in [6.07, 6.45) is 0.223. The highest BCUT2D eigenvalue weighted by Gasteiger charge is 2.40. The number of carboxylic acids is 1. The molecule has 1 saturated heterocycles. The molecule has 0 saturated carbocycles. The summed E-state index contributed by atoms with van der Waals surface area (Å²) in [6.45, 7) is 6.99. The number of likely N-dealkylation sites (tertiary alicyclic amines) is 1. The Morgan fingerprint density at radius 2 is 1.92 bits per heavy atom. The molecule has 0 radical (unpaired) electrons. The third-order valence-electron chi connectivity index (χ3n) is 4.74. The molecule has 6 heteroatoms. The van der Waals surface area contributed by atoms with Gasteiger partial charge in [-0.3, -0.25) is 9.59 Å². The van der Waals surface area contributed by atoms with Crippen molar-refractivity contribution >= 4 is 23.2 Å². The number of carboxylic acid groups (broad SMARTS) is 1. The lowest BCUT2D eigenvalue weighted by atomic mass is 9.89. The molecule has 1 aliphatic heterocycles. The van der Waals surface area contributed by atoms with Crippen LogP contribution >= 0.6 is 11.3 Å². The van der Waals surface area contributed by atoms with Crippen molar-refractivity contribution in [2.75, 3.05) is 13.1 Å². The van der Waals surface area contributed by atoms with Crippen LogP contribution in [0.5, 0.6) is 0 Å². The first-order chi connectivity index (χ1) is 12.3. The van der Waals surface area contributed by atoms with Crippen LogP contribution in [0.4, 0.5) is 0 Å². The first-order valence-electron chi connectivity index (χ1n) is 8.76. The molecule has 2 heterocycles. The molecule has 1 aromatic heterocycles. The van der Waals surface area contributed by atoms with Crippen LogP contribution in [0.3, 0.4) is 0 Å². The third-order valence-corrected chi connectivity index (χ3v) is 6.06. The van der Waals surface area contributed by atoms with Crippen molar-refractivity contribution in [3.63, 3.8) is 0 Å². The molecule has 0 bridgehead atoms. The predicted molar refractivity (Wildman–Crippen MR) is 101 cm³/mol. The summed E-state index contributed by atoms with van der Waals surface area (Å²) in [4.78, 5) is 30.6. The second-order valence-corrected chi connectivity index (χ2v) is 8.69. The monoisotopic (exact) mass is 372 g/mol. The van der Waals surface area contributed by atoms with Gasteiger partial charge >= 0.3 is 5.97 Å². The number of hydrogen-bond acceptors (Lipinski definition) is 4. The smallest absolute Gasteiger partial charge is 0.308 e. The topological polar surface area (TPSA) is 70.5 Å². The van der Waals surface area contributed by atoms with Gasteiger partial charge < -0.3 is 10.0 Å². The molecule has 0 aliphatic carbocycles. The van der Waals surface area contributed by atoms with E-state index in [4.69, 9.17) is 0 Å². The Kier molecular flexibility index (Phi) is 5.14. The van der Waals surface area contributed by atoms with Gasteiger partial charge in [0, 0.05) is 29.8 Å². The summed E-state index contributed by atoms with van der Waals surface area (Å²) >= 11 is 1.57. The zero-order valence-electron chi connectivity index (χ0n) is 15.3. The number of hydrogen-bond donors (Lipinski definition) is 1. The molecule has 2 aromatic rings. The van der Waals surface area contributed by atoms with Crippen LogP contribution < -0.4 is 0 Å². The van der Waals surface area contributed by atoms with Crippen LogP contribution in [0.1, 0.15) is 43.0 Å². The second kappa shape index (κ2) is 7.19. The van der Waals surface area contributed by atoms with Gasteiger partial charge in [-0.15, -0.1) is 11.3 Å². The number of carbonyl (C=O) groups excluding carboxylic acids is 1. The number of rotatable bonds is 4. The summed E-state index contributed by atoms with van der Waals surface area (Å²) < 4.78 is 0. The number of thiazole rings is 1. The van der Waals surface area contributed by atoms with E-state index in [1.54, 1.807) is 16.2 Å². The highest BCUT2D eigenvalue weighted by Crippen LogP contribution is 2.33. The van der Waals surface area contributed by atoms with Crippen LogP contribution in [0.2, 0.25) is 0 Å². The van der Waals surface area contributed by atoms with Crippen molar-refractivity contribution in [2.45, 2.75) is 38.5 Å². The molecule has 138 valence electrons. The number of nitrogens with zero attached hydrogens (tertiary/aromatic N) is 2. The van der Waals surface area contributed by atoms with Crippen LogP contribution in [0.15, 0.2) is 35.7 Å². The highest BCUT2D eigenvalue weighted by atomic mass is 32.1. The minimum absolute atomic E-state index is 0.0353. The third kappa shape index (κ3) is 3.96. The van der Waals surface area contributed by atoms with Gasteiger partial charge in [0.15, 0.2) is 0 Å². The molecule has 2 unspecified atom stereocenters. The first kappa shape index (κ1) is 18.6. The normalized spacial score (nSPS) is 20.3. The Morgan fingerprint density at radius 1 is 1.23 bits per heavy atom. The summed E-state index contributed by atoms with van der Waals surface area (Å²) in [5.41, 5.74) is 1.70. The molecule has 1 aromatic carbocycles. The maximum atomic E-state index is 12.7. The Hall–Kier alpha value is -2.21. The number of aromatic nitrogens is 1. The van der Waals surface area contributed by atoms with Gasteiger partial charge in [0.2, 0.25) is 5.91 Å². The Morgan fingerprint density at radius 3 is 2.50 bits per heavy atom. The lowest BCUT2D eigenvalue weighted by Crippen LogP contribution is -2.31. The Labute approximate surface area is 157 Å². The van der Waals surface area contributed by atoms with E-state index in [0.717, 1.165) is 16.3 Å². The average molecular weight is 372 g/mol. The minimum atomic E-state index is -0.849. The predicted octanol–water partition coefficient (Wildman–Crippen LogP) is 3.31. The van der Waals surface area contributed by atoms with Gasteiger partial charge in [-0.2, -0.15) is 0 Å². The van der Waals surface area contributed by atoms with Gasteiger partial charge in [0.25, 0.3) is 0 Å². The molecule has 1 amide bonds. The SMILES string of the molecule is CC(C)(C)c1nc(CC(=O)N2CC(C(=O)O)C(c3ccccc3)C2)cs1. The van der Waals surface area contributed by atoms with Gasteiger partial charge in [-0.1, -0.05) is 51.1 Å². The van der Waals surface area contributed by atoms with Crippen molar-refractivity contribution in [1.82, 2.24) is 9.88 Å². The fraction of sp³-hybridized carbons (Fsp3) is 0.450.